The molecule has 66 valence electrons. The van der Waals surface area contributed by atoms with E-state index in [9.17, 15) is 3.89 Å². The monoisotopic (exact) mass is 184 g/mol. The Morgan fingerprint density at radius 1 is 1.42 bits per heavy atom. The predicted molar refractivity (Wildman–Crippen MR) is 52.6 cm³/mol. The molecule has 0 nitrogen and oxygen atoms in total. The molecule has 0 saturated heterocycles. The number of hydrogen-bond acceptors (Lipinski definition) is 0. The van der Waals surface area contributed by atoms with Crippen molar-refractivity contribution in [1.29, 1.82) is 0 Å². The van der Waals surface area contributed by atoms with Crippen LogP contribution in [0.25, 0.3) is 0 Å². The molecule has 1 aromatic carbocycles. The van der Waals surface area contributed by atoms with Crippen LogP contribution in [-0.2, 0) is 6.42 Å². The maximum absolute atomic E-state index is 13.8. The number of benzene rings is 1. The number of fused-ring (bicyclic) bond motifs is 1. The molecule has 2 heteroatoms. The molecule has 1 aliphatic rings. The van der Waals surface area contributed by atoms with Gasteiger partial charge in [-0.05, 0) is 31.2 Å². The highest BCUT2D eigenvalue weighted by Gasteiger charge is 2.28. The van der Waals surface area contributed by atoms with Gasteiger partial charge in [0, 0.05) is 10.6 Å². The lowest BCUT2D eigenvalue weighted by Gasteiger charge is -2.19. The molecule has 0 fully saturated rings. The van der Waals surface area contributed by atoms with Crippen molar-refractivity contribution in [3.8, 4) is 0 Å². The minimum absolute atomic E-state index is 0.728. The average Bonchev–Trinajstić information content (AvgIpc) is 2.27. The van der Waals surface area contributed by atoms with E-state index in [0.717, 1.165) is 17.1 Å². The first-order valence-corrected chi connectivity index (χ1v) is 6.26. The molecule has 0 aliphatic carbocycles. The molecule has 12 heavy (non-hydrogen) atoms. The topological polar surface area (TPSA) is 0 Å². The van der Waals surface area contributed by atoms with E-state index in [1.54, 1.807) is 6.26 Å². The van der Waals surface area contributed by atoms with Crippen LogP contribution in [0.4, 0.5) is 3.89 Å². The van der Waals surface area contributed by atoms with Gasteiger partial charge in [0.05, 0.1) is 0 Å². The Hall–Kier alpha value is -0.500. The normalized spacial score (nSPS) is 32.6. The summed E-state index contributed by atoms with van der Waals surface area (Å²) >= 11 is 0. The minimum Gasteiger partial charge on any atom is -0.185 e. The van der Waals surface area contributed by atoms with Crippen molar-refractivity contribution in [3.05, 3.63) is 29.3 Å². The quantitative estimate of drug-likeness (QED) is 0.580. The second kappa shape index (κ2) is 2.49. The lowest BCUT2D eigenvalue weighted by molar-refractivity contribution is 0.894. The maximum atomic E-state index is 13.8. The van der Waals surface area contributed by atoms with Crippen LogP contribution >= 0.6 is 10.4 Å². The number of rotatable bonds is 0. The summed E-state index contributed by atoms with van der Waals surface area (Å²) in [5, 5.41) is 0. The first-order chi connectivity index (χ1) is 5.59. The molecule has 0 bridgehead atoms. The van der Waals surface area contributed by atoms with Gasteiger partial charge in [0.25, 0.3) is 0 Å². The van der Waals surface area contributed by atoms with E-state index in [2.05, 4.69) is 13.0 Å². The van der Waals surface area contributed by atoms with Crippen molar-refractivity contribution in [2.45, 2.75) is 18.2 Å². The fourth-order valence-electron chi connectivity index (χ4n) is 1.73. The summed E-state index contributed by atoms with van der Waals surface area (Å²) in [6, 6.07) is 6.09. The zero-order valence-electron chi connectivity index (χ0n) is 7.43. The van der Waals surface area contributed by atoms with Gasteiger partial charge in [-0.1, -0.05) is 28.1 Å². The molecule has 1 heterocycles. The van der Waals surface area contributed by atoms with E-state index < -0.39 is 10.4 Å². The summed E-state index contributed by atoms with van der Waals surface area (Å²) in [4.78, 5) is 0.980. The predicted octanol–water partition coefficient (Wildman–Crippen LogP) is 3.23. The van der Waals surface area contributed by atoms with Crippen LogP contribution in [0.3, 0.4) is 0 Å². The summed E-state index contributed by atoms with van der Waals surface area (Å²) in [6.45, 7) is 2.06. The molecule has 0 aromatic heterocycles. The van der Waals surface area contributed by atoms with Gasteiger partial charge in [-0.25, -0.2) is 0 Å². The molecule has 2 rings (SSSR count). The molecular formula is C10H13FS. The zero-order valence-corrected chi connectivity index (χ0v) is 8.25. The van der Waals surface area contributed by atoms with Crippen molar-refractivity contribution < 1.29 is 3.89 Å². The molecule has 0 N–H and O–H groups in total. The van der Waals surface area contributed by atoms with Crippen molar-refractivity contribution >= 4 is 10.4 Å². The molecule has 1 unspecified atom stereocenters. The first-order valence-electron chi connectivity index (χ1n) is 4.15. The van der Waals surface area contributed by atoms with Crippen LogP contribution < -0.4 is 0 Å². The van der Waals surface area contributed by atoms with Crippen LogP contribution in [0.5, 0.6) is 0 Å². The van der Waals surface area contributed by atoms with Gasteiger partial charge in [-0.3, -0.25) is 0 Å². The smallest absolute Gasteiger partial charge is 0.0204 e. The van der Waals surface area contributed by atoms with Gasteiger partial charge in [0.15, 0.2) is 0 Å². The fourth-order valence-corrected chi connectivity index (χ4v) is 3.61. The number of halogens is 1. The third kappa shape index (κ3) is 1.14. The largest absolute Gasteiger partial charge is 0.185 e. The fraction of sp³-hybridized carbons (Fsp3) is 0.400. The van der Waals surface area contributed by atoms with Crippen molar-refractivity contribution in [3.63, 3.8) is 0 Å². The number of hydrogen-bond donors (Lipinski definition) is 0. The highest BCUT2D eigenvalue weighted by molar-refractivity contribution is 8.29. The van der Waals surface area contributed by atoms with Crippen molar-refractivity contribution in [2.24, 2.45) is 0 Å². The molecule has 1 aliphatic heterocycles. The van der Waals surface area contributed by atoms with E-state index in [4.69, 9.17) is 0 Å². The standard InChI is InChI=1S/C10H13FS/c1-8-3-4-10-9(7-8)5-6-12(10,2)11/h3-4,7H,5-6H2,1-2H3. The highest BCUT2D eigenvalue weighted by Crippen LogP contribution is 2.59. The van der Waals surface area contributed by atoms with Gasteiger partial charge in [-0.2, -0.15) is 3.89 Å². The Morgan fingerprint density at radius 3 is 2.92 bits per heavy atom. The SMILES string of the molecule is Cc1ccc2c(c1)CCS2(C)F. The average molecular weight is 184 g/mol. The Kier molecular flexibility index (Phi) is 1.69. The Bertz CT molecular complexity index is 318. The third-order valence-corrected chi connectivity index (χ3v) is 4.72. The molecular weight excluding hydrogens is 171 g/mol. The van der Waals surface area contributed by atoms with Crippen LogP contribution in [0, 0.1) is 6.92 Å². The van der Waals surface area contributed by atoms with E-state index in [-0.39, 0.29) is 0 Å². The van der Waals surface area contributed by atoms with E-state index in [0.29, 0.717) is 0 Å². The van der Waals surface area contributed by atoms with Crippen LogP contribution in [0.2, 0.25) is 0 Å². The second-order valence-corrected chi connectivity index (χ2v) is 6.35. The summed E-state index contributed by atoms with van der Waals surface area (Å²) in [6.07, 6.45) is 2.69. The molecule has 1 aromatic rings. The molecule has 0 spiro atoms. The van der Waals surface area contributed by atoms with Crippen LogP contribution in [0.15, 0.2) is 23.1 Å². The molecule has 1 atom stereocenters. The Morgan fingerprint density at radius 2 is 2.17 bits per heavy atom. The molecule has 0 amide bonds. The van der Waals surface area contributed by atoms with E-state index in [1.807, 2.05) is 12.1 Å². The maximum Gasteiger partial charge on any atom is 0.0204 e. The van der Waals surface area contributed by atoms with Gasteiger partial charge >= 0.3 is 0 Å². The van der Waals surface area contributed by atoms with Gasteiger partial charge in [0.2, 0.25) is 0 Å². The van der Waals surface area contributed by atoms with E-state index in [1.165, 1.54) is 11.1 Å². The molecule has 0 saturated carbocycles. The minimum atomic E-state index is -1.92. The summed E-state index contributed by atoms with van der Waals surface area (Å²) < 4.78 is 13.8. The highest BCUT2D eigenvalue weighted by atomic mass is 32.3. The zero-order chi connectivity index (χ0) is 8.77. The summed E-state index contributed by atoms with van der Waals surface area (Å²) in [5.41, 5.74) is 2.47. The Labute approximate surface area is 74.4 Å². The van der Waals surface area contributed by atoms with Gasteiger partial charge in [-0.15, -0.1) is 0 Å². The Balaban J connectivity index is 2.55. The summed E-state index contributed by atoms with van der Waals surface area (Å²) in [7, 11) is -1.92. The molecule has 0 radical (unpaired) electrons. The summed E-state index contributed by atoms with van der Waals surface area (Å²) in [5.74, 6) is 0.728. The van der Waals surface area contributed by atoms with Gasteiger partial charge in [0.1, 0.15) is 0 Å². The number of aryl methyl sites for hydroxylation is 2. The van der Waals surface area contributed by atoms with Gasteiger partial charge < -0.3 is 0 Å². The van der Waals surface area contributed by atoms with Crippen molar-refractivity contribution in [1.82, 2.24) is 0 Å². The third-order valence-electron chi connectivity index (χ3n) is 2.43. The van der Waals surface area contributed by atoms with Crippen LogP contribution in [-0.4, -0.2) is 12.0 Å². The second-order valence-electron chi connectivity index (χ2n) is 3.54. The van der Waals surface area contributed by atoms with Crippen molar-refractivity contribution in [2.75, 3.05) is 12.0 Å². The first kappa shape index (κ1) is 8.11. The lowest BCUT2D eigenvalue weighted by Crippen LogP contribution is -1.88. The van der Waals surface area contributed by atoms with Crippen LogP contribution in [0.1, 0.15) is 11.1 Å². The lowest BCUT2D eigenvalue weighted by atomic mass is 10.1. The van der Waals surface area contributed by atoms with E-state index >= 15 is 0 Å².